The maximum Gasteiger partial charge on any atom is 0.271 e. The molecule has 5 nitrogen and oxygen atoms in total. The predicted molar refractivity (Wildman–Crippen MR) is 59.4 cm³/mol. The normalized spacial score (nSPS) is 10.4. The first kappa shape index (κ1) is 10.4. The van der Waals surface area contributed by atoms with Gasteiger partial charge in [0.15, 0.2) is 5.69 Å². The molecule has 0 saturated heterocycles. The molecule has 0 fully saturated rings. The molecule has 0 spiro atoms. The third-order valence-corrected chi connectivity index (χ3v) is 2.35. The largest absolute Gasteiger partial charge is 0.364 e. The second kappa shape index (κ2) is 3.77. The molecule has 0 saturated carbocycles. The molecule has 0 unspecified atom stereocenters. The highest BCUT2D eigenvalue weighted by Gasteiger charge is 2.13. The number of para-hydroxylation sites is 1. The molecule has 5 heteroatoms. The van der Waals surface area contributed by atoms with Gasteiger partial charge in [0.2, 0.25) is 0 Å². The maximum atomic E-state index is 11.1. The van der Waals surface area contributed by atoms with Crippen LogP contribution in [-0.4, -0.2) is 20.9 Å². The molecular weight excluding hydrogens is 204 g/mol. The molecule has 0 aliphatic heterocycles. The van der Waals surface area contributed by atoms with E-state index >= 15 is 0 Å². The Bertz CT molecular complexity index is 545. The fourth-order valence-electron chi connectivity index (χ4n) is 1.50. The van der Waals surface area contributed by atoms with Crippen molar-refractivity contribution in [2.75, 3.05) is 0 Å². The van der Waals surface area contributed by atoms with Gasteiger partial charge in [-0.1, -0.05) is 18.2 Å². The van der Waals surface area contributed by atoms with Crippen LogP contribution in [0, 0.1) is 13.8 Å². The average molecular weight is 216 g/mol. The van der Waals surface area contributed by atoms with Gasteiger partial charge in [0.1, 0.15) is 0 Å². The molecule has 16 heavy (non-hydrogen) atoms. The van der Waals surface area contributed by atoms with Crippen molar-refractivity contribution >= 4 is 5.91 Å². The van der Waals surface area contributed by atoms with Gasteiger partial charge in [-0.2, -0.15) is 9.90 Å². The molecule has 1 aromatic heterocycles. The first-order valence-corrected chi connectivity index (χ1v) is 4.89. The molecule has 0 atom stereocenters. The highest BCUT2D eigenvalue weighted by molar-refractivity contribution is 5.91. The minimum absolute atomic E-state index is 0.211. The first-order valence-electron chi connectivity index (χ1n) is 4.89. The molecule has 0 aliphatic carbocycles. The fourth-order valence-corrected chi connectivity index (χ4v) is 1.50. The Morgan fingerprint density at radius 2 is 1.94 bits per heavy atom. The van der Waals surface area contributed by atoms with E-state index in [2.05, 4.69) is 10.2 Å². The Kier molecular flexibility index (Phi) is 2.44. The number of benzene rings is 1. The lowest BCUT2D eigenvalue weighted by molar-refractivity contribution is 0.0994. The zero-order valence-corrected chi connectivity index (χ0v) is 9.14. The van der Waals surface area contributed by atoms with Gasteiger partial charge in [-0.15, -0.1) is 5.10 Å². The monoisotopic (exact) mass is 216 g/mol. The van der Waals surface area contributed by atoms with Gasteiger partial charge in [-0.3, -0.25) is 4.79 Å². The summed E-state index contributed by atoms with van der Waals surface area (Å²) in [6, 6.07) is 7.67. The van der Waals surface area contributed by atoms with Crippen LogP contribution in [-0.2, 0) is 0 Å². The molecule has 2 aromatic rings. The second-order valence-electron chi connectivity index (χ2n) is 3.57. The van der Waals surface area contributed by atoms with E-state index in [1.165, 1.54) is 4.80 Å². The number of primary amides is 1. The van der Waals surface area contributed by atoms with Gasteiger partial charge < -0.3 is 5.73 Å². The number of aromatic nitrogens is 3. The molecule has 0 aliphatic rings. The molecular formula is C11H12N4O. The van der Waals surface area contributed by atoms with Crippen molar-refractivity contribution in [2.24, 2.45) is 5.73 Å². The summed E-state index contributed by atoms with van der Waals surface area (Å²) in [5.41, 5.74) is 7.82. The van der Waals surface area contributed by atoms with Gasteiger partial charge in [0, 0.05) is 0 Å². The lowest BCUT2D eigenvalue weighted by Crippen LogP contribution is -2.13. The summed E-state index contributed by atoms with van der Waals surface area (Å²) in [6.45, 7) is 3.67. The molecule has 1 aromatic carbocycles. The summed E-state index contributed by atoms with van der Waals surface area (Å²) in [5, 5.41) is 8.24. The van der Waals surface area contributed by atoms with Crippen LogP contribution in [0.5, 0.6) is 0 Å². The van der Waals surface area contributed by atoms with Crippen LogP contribution in [0.1, 0.15) is 21.7 Å². The minimum Gasteiger partial charge on any atom is -0.364 e. The average Bonchev–Trinajstić information content (AvgIpc) is 2.61. The van der Waals surface area contributed by atoms with Crippen LogP contribution in [0.2, 0.25) is 0 Å². The van der Waals surface area contributed by atoms with Crippen molar-refractivity contribution in [1.29, 1.82) is 0 Å². The standard InChI is InChI=1S/C11H12N4O/c1-7-5-3-4-6-9(7)15-13-8(2)10(14-15)11(12)16/h3-6H,1-2H3,(H2,12,16). The van der Waals surface area contributed by atoms with E-state index in [4.69, 9.17) is 5.73 Å². The maximum absolute atomic E-state index is 11.1. The third-order valence-electron chi connectivity index (χ3n) is 2.35. The van der Waals surface area contributed by atoms with Crippen LogP contribution >= 0.6 is 0 Å². The number of aryl methyl sites for hydroxylation is 2. The fraction of sp³-hybridized carbons (Fsp3) is 0.182. The molecule has 0 bridgehead atoms. The zero-order valence-electron chi connectivity index (χ0n) is 9.14. The molecule has 0 radical (unpaired) electrons. The van der Waals surface area contributed by atoms with E-state index in [0.717, 1.165) is 11.3 Å². The van der Waals surface area contributed by atoms with Gasteiger partial charge in [0.25, 0.3) is 5.91 Å². The summed E-state index contributed by atoms with van der Waals surface area (Å²) in [6.07, 6.45) is 0. The molecule has 1 amide bonds. The SMILES string of the molecule is Cc1ccccc1-n1nc(C)c(C(N)=O)n1. The van der Waals surface area contributed by atoms with Crippen molar-refractivity contribution in [1.82, 2.24) is 15.0 Å². The number of hydrogen-bond donors (Lipinski definition) is 1. The summed E-state index contributed by atoms with van der Waals surface area (Å²) < 4.78 is 0. The molecule has 1 heterocycles. The highest BCUT2D eigenvalue weighted by atomic mass is 16.1. The minimum atomic E-state index is -0.558. The number of carbonyl (C=O) groups excluding carboxylic acids is 1. The molecule has 2 rings (SSSR count). The van der Waals surface area contributed by atoms with Crippen LogP contribution in [0.4, 0.5) is 0 Å². The molecule has 2 N–H and O–H groups in total. The van der Waals surface area contributed by atoms with Crippen LogP contribution in [0.25, 0.3) is 5.69 Å². The van der Waals surface area contributed by atoms with E-state index in [-0.39, 0.29) is 5.69 Å². The number of rotatable bonds is 2. The first-order chi connectivity index (χ1) is 7.59. The third kappa shape index (κ3) is 1.67. The summed E-state index contributed by atoms with van der Waals surface area (Å²) >= 11 is 0. The predicted octanol–water partition coefficient (Wildman–Crippen LogP) is 0.983. The van der Waals surface area contributed by atoms with E-state index in [9.17, 15) is 4.79 Å². The van der Waals surface area contributed by atoms with Gasteiger partial charge >= 0.3 is 0 Å². The van der Waals surface area contributed by atoms with Gasteiger partial charge in [-0.25, -0.2) is 0 Å². The van der Waals surface area contributed by atoms with Gasteiger partial charge in [-0.05, 0) is 25.5 Å². The Balaban J connectivity index is 2.54. The number of hydrogen-bond acceptors (Lipinski definition) is 3. The highest BCUT2D eigenvalue weighted by Crippen LogP contribution is 2.12. The molecule has 82 valence electrons. The summed E-state index contributed by atoms with van der Waals surface area (Å²) in [7, 11) is 0. The second-order valence-corrected chi connectivity index (χ2v) is 3.57. The topological polar surface area (TPSA) is 73.8 Å². The van der Waals surface area contributed by atoms with E-state index in [1.807, 2.05) is 31.2 Å². The Morgan fingerprint density at radius 3 is 2.50 bits per heavy atom. The van der Waals surface area contributed by atoms with Crippen molar-refractivity contribution < 1.29 is 4.79 Å². The van der Waals surface area contributed by atoms with Crippen molar-refractivity contribution in [3.05, 3.63) is 41.2 Å². The Labute approximate surface area is 92.9 Å². The number of carbonyl (C=O) groups is 1. The smallest absolute Gasteiger partial charge is 0.271 e. The number of nitrogens with zero attached hydrogens (tertiary/aromatic N) is 3. The summed E-state index contributed by atoms with van der Waals surface area (Å²) in [5.74, 6) is -0.558. The van der Waals surface area contributed by atoms with Crippen LogP contribution in [0.3, 0.4) is 0 Å². The zero-order chi connectivity index (χ0) is 11.7. The van der Waals surface area contributed by atoms with Crippen molar-refractivity contribution in [3.8, 4) is 5.69 Å². The van der Waals surface area contributed by atoms with Crippen LogP contribution < -0.4 is 5.73 Å². The van der Waals surface area contributed by atoms with Crippen LogP contribution in [0.15, 0.2) is 24.3 Å². The van der Waals surface area contributed by atoms with Gasteiger partial charge in [0.05, 0.1) is 11.4 Å². The Hall–Kier alpha value is -2.17. The lowest BCUT2D eigenvalue weighted by atomic mass is 10.2. The summed E-state index contributed by atoms with van der Waals surface area (Å²) in [4.78, 5) is 12.5. The van der Waals surface area contributed by atoms with E-state index in [0.29, 0.717) is 5.69 Å². The quantitative estimate of drug-likeness (QED) is 0.813. The van der Waals surface area contributed by atoms with Crippen molar-refractivity contribution in [3.63, 3.8) is 0 Å². The number of amides is 1. The lowest BCUT2D eigenvalue weighted by Gasteiger charge is -2.02. The van der Waals surface area contributed by atoms with E-state index in [1.54, 1.807) is 6.92 Å². The van der Waals surface area contributed by atoms with Crippen molar-refractivity contribution in [2.45, 2.75) is 13.8 Å². The Morgan fingerprint density at radius 1 is 1.25 bits per heavy atom. The van der Waals surface area contributed by atoms with E-state index < -0.39 is 5.91 Å². The number of nitrogens with two attached hydrogens (primary N) is 1.